The highest BCUT2D eigenvalue weighted by atomic mass is 16.6. The van der Waals surface area contributed by atoms with Gasteiger partial charge in [0.05, 0.1) is 23.7 Å². The van der Waals surface area contributed by atoms with Crippen LogP contribution in [0.15, 0.2) is 34.9 Å². The van der Waals surface area contributed by atoms with E-state index in [0.29, 0.717) is 36.0 Å². The minimum atomic E-state index is -1.91. The van der Waals surface area contributed by atoms with Gasteiger partial charge in [0.25, 0.3) is 0 Å². The standard InChI is InChI=1S/C28H38O8/c1-15-16(14-29)13-22(36-23(15)32)26(4,33)28(35)12-11-27(34)18-5-6-19-20(30)7-8-21(31)25(19,3)17(18)9-10-24(27,28)2/h6-8,17-18,20,22,29-30,33-35H,5,9-14H2,1-4H3. The Hall–Kier alpha value is -1.84. The Morgan fingerprint density at radius 1 is 1.14 bits per heavy atom. The molecule has 1 aliphatic heterocycles. The van der Waals surface area contributed by atoms with Gasteiger partial charge in [0.1, 0.15) is 17.3 Å². The third-order valence-corrected chi connectivity index (χ3v) is 11.2. The lowest BCUT2D eigenvalue weighted by atomic mass is 9.44. The Bertz CT molecular complexity index is 1100. The molecule has 4 aliphatic carbocycles. The van der Waals surface area contributed by atoms with E-state index in [9.17, 15) is 35.1 Å². The van der Waals surface area contributed by atoms with Crippen molar-refractivity contribution in [3.63, 3.8) is 0 Å². The number of carbonyl (C=O) groups is 2. The van der Waals surface area contributed by atoms with Crippen LogP contribution in [0.1, 0.15) is 66.2 Å². The summed E-state index contributed by atoms with van der Waals surface area (Å²) in [6.45, 7) is 6.31. The minimum Gasteiger partial charge on any atom is -0.455 e. The van der Waals surface area contributed by atoms with Gasteiger partial charge in [-0.25, -0.2) is 4.79 Å². The number of aliphatic hydroxyl groups is 5. The molecule has 0 aromatic carbocycles. The van der Waals surface area contributed by atoms with Gasteiger partial charge in [0, 0.05) is 17.4 Å². The van der Waals surface area contributed by atoms with Crippen molar-refractivity contribution in [2.75, 3.05) is 6.61 Å². The summed E-state index contributed by atoms with van der Waals surface area (Å²) < 4.78 is 5.56. The summed E-state index contributed by atoms with van der Waals surface area (Å²) >= 11 is 0. The summed E-state index contributed by atoms with van der Waals surface area (Å²) in [4.78, 5) is 25.6. The predicted octanol–water partition coefficient (Wildman–Crippen LogP) is 1.49. The van der Waals surface area contributed by atoms with Crippen molar-refractivity contribution in [3.05, 3.63) is 34.9 Å². The fourth-order valence-electron chi connectivity index (χ4n) is 8.57. The maximum absolute atomic E-state index is 13.2. The molecule has 1 heterocycles. The maximum Gasteiger partial charge on any atom is 0.334 e. The first-order valence-corrected chi connectivity index (χ1v) is 13.0. The van der Waals surface area contributed by atoms with Crippen molar-refractivity contribution < 1.29 is 39.9 Å². The Labute approximate surface area is 211 Å². The van der Waals surface area contributed by atoms with Crippen LogP contribution >= 0.6 is 0 Å². The summed E-state index contributed by atoms with van der Waals surface area (Å²) in [6, 6.07) is 0. The van der Waals surface area contributed by atoms with Gasteiger partial charge < -0.3 is 30.3 Å². The van der Waals surface area contributed by atoms with Gasteiger partial charge in [-0.05, 0) is 88.0 Å². The zero-order chi connectivity index (χ0) is 26.5. The Balaban J connectivity index is 1.53. The molecule has 0 radical (unpaired) electrons. The molecule has 36 heavy (non-hydrogen) atoms. The average molecular weight is 503 g/mol. The van der Waals surface area contributed by atoms with Crippen molar-refractivity contribution in [1.29, 1.82) is 0 Å². The van der Waals surface area contributed by atoms with E-state index in [4.69, 9.17) is 4.74 Å². The lowest BCUT2D eigenvalue weighted by Crippen LogP contribution is -2.72. The lowest BCUT2D eigenvalue weighted by Gasteiger charge is -2.63. The summed E-state index contributed by atoms with van der Waals surface area (Å²) in [5.74, 6) is -1.31. The van der Waals surface area contributed by atoms with Crippen LogP contribution in [-0.2, 0) is 14.3 Å². The van der Waals surface area contributed by atoms with Crippen LogP contribution in [-0.4, -0.2) is 72.9 Å². The molecule has 0 saturated heterocycles. The predicted molar refractivity (Wildman–Crippen MR) is 129 cm³/mol. The molecule has 5 rings (SSSR count). The number of aliphatic hydroxyl groups excluding tert-OH is 2. The third-order valence-electron chi connectivity index (χ3n) is 11.2. The van der Waals surface area contributed by atoms with E-state index in [0.717, 1.165) is 0 Å². The van der Waals surface area contributed by atoms with Gasteiger partial charge in [-0.1, -0.05) is 13.0 Å². The highest BCUT2D eigenvalue weighted by Crippen LogP contribution is 2.70. The van der Waals surface area contributed by atoms with Gasteiger partial charge in [-0.3, -0.25) is 4.79 Å². The number of esters is 1. The summed E-state index contributed by atoms with van der Waals surface area (Å²) in [5, 5.41) is 56.9. The van der Waals surface area contributed by atoms with Gasteiger partial charge >= 0.3 is 5.97 Å². The van der Waals surface area contributed by atoms with Gasteiger partial charge in [-0.2, -0.15) is 0 Å². The molecule has 0 amide bonds. The van der Waals surface area contributed by atoms with E-state index in [1.165, 1.54) is 19.1 Å². The van der Waals surface area contributed by atoms with E-state index in [1.54, 1.807) is 13.8 Å². The smallest absolute Gasteiger partial charge is 0.334 e. The topological polar surface area (TPSA) is 145 Å². The van der Waals surface area contributed by atoms with Crippen LogP contribution in [0.25, 0.3) is 0 Å². The first-order chi connectivity index (χ1) is 16.7. The highest BCUT2D eigenvalue weighted by molar-refractivity contribution is 5.99. The van der Waals surface area contributed by atoms with E-state index in [1.807, 2.05) is 13.0 Å². The number of ketones is 1. The molecule has 5 N–H and O–H groups in total. The first kappa shape index (κ1) is 25.8. The fraction of sp³-hybridized carbons (Fsp3) is 0.714. The second kappa shape index (κ2) is 7.84. The molecule has 0 aromatic heterocycles. The molecule has 9 atom stereocenters. The monoisotopic (exact) mass is 502 g/mol. The number of rotatable bonds is 3. The number of cyclic esters (lactones) is 1. The molecule has 2 fully saturated rings. The van der Waals surface area contributed by atoms with Crippen molar-refractivity contribution in [2.24, 2.45) is 22.7 Å². The number of hydrogen-bond acceptors (Lipinski definition) is 8. The van der Waals surface area contributed by atoms with Crippen LogP contribution in [0.3, 0.4) is 0 Å². The molecule has 8 heteroatoms. The number of fused-ring (bicyclic) bond motifs is 5. The molecule has 0 spiro atoms. The molecule has 198 valence electrons. The van der Waals surface area contributed by atoms with Crippen LogP contribution in [0.4, 0.5) is 0 Å². The van der Waals surface area contributed by atoms with Crippen molar-refractivity contribution >= 4 is 11.8 Å². The quantitative estimate of drug-likeness (QED) is 0.288. The molecule has 5 aliphatic rings. The summed E-state index contributed by atoms with van der Waals surface area (Å²) in [5.41, 5.74) is -5.74. The van der Waals surface area contributed by atoms with Crippen molar-refractivity contribution in [3.8, 4) is 0 Å². The van der Waals surface area contributed by atoms with Crippen LogP contribution in [0, 0.1) is 22.7 Å². The van der Waals surface area contributed by atoms with E-state index in [-0.39, 0.29) is 43.5 Å². The SMILES string of the molecule is CC1=C(CO)CC(C(C)(O)C2(O)CCC3(O)C4CC=C5C(O)C=CC(=O)C5(C)C4CCC32C)OC1=O. The minimum absolute atomic E-state index is 0.0885. The molecule has 8 nitrogen and oxygen atoms in total. The lowest BCUT2D eigenvalue weighted by molar-refractivity contribution is -0.279. The highest BCUT2D eigenvalue weighted by Gasteiger charge is 2.76. The Kier molecular flexibility index (Phi) is 5.61. The second-order valence-corrected chi connectivity index (χ2v) is 12.3. The summed E-state index contributed by atoms with van der Waals surface area (Å²) in [7, 11) is 0. The number of carbonyl (C=O) groups excluding carboxylic acids is 2. The maximum atomic E-state index is 13.2. The number of hydrogen-bond donors (Lipinski definition) is 5. The molecule has 2 saturated carbocycles. The van der Waals surface area contributed by atoms with Gasteiger partial charge in [0.15, 0.2) is 5.78 Å². The summed E-state index contributed by atoms with van der Waals surface area (Å²) in [6.07, 6.45) is 4.59. The van der Waals surface area contributed by atoms with E-state index >= 15 is 0 Å². The van der Waals surface area contributed by atoms with Crippen molar-refractivity contribution in [2.45, 2.75) is 95.2 Å². The largest absolute Gasteiger partial charge is 0.455 e. The van der Waals surface area contributed by atoms with E-state index < -0.39 is 45.8 Å². The number of allylic oxidation sites excluding steroid dienone is 2. The second-order valence-electron chi connectivity index (χ2n) is 12.3. The molecule has 0 aromatic rings. The third kappa shape index (κ3) is 2.88. The zero-order valence-electron chi connectivity index (χ0n) is 21.5. The van der Waals surface area contributed by atoms with Gasteiger partial charge in [0.2, 0.25) is 0 Å². The van der Waals surface area contributed by atoms with Crippen LogP contribution in [0.2, 0.25) is 0 Å². The fourth-order valence-corrected chi connectivity index (χ4v) is 8.57. The van der Waals surface area contributed by atoms with E-state index in [2.05, 4.69) is 0 Å². The Morgan fingerprint density at radius 3 is 2.50 bits per heavy atom. The average Bonchev–Trinajstić information content (AvgIpc) is 3.06. The van der Waals surface area contributed by atoms with Crippen molar-refractivity contribution in [1.82, 2.24) is 0 Å². The molecular formula is C28H38O8. The number of ether oxygens (including phenoxy) is 1. The molecular weight excluding hydrogens is 464 g/mol. The normalized spacial score (nSPS) is 48.0. The first-order valence-electron chi connectivity index (χ1n) is 13.0. The zero-order valence-corrected chi connectivity index (χ0v) is 21.5. The Morgan fingerprint density at radius 2 is 1.83 bits per heavy atom. The van der Waals surface area contributed by atoms with Crippen LogP contribution in [0.5, 0.6) is 0 Å². The van der Waals surface area contributed by atoms with Gasteiger partial charge in [-0.15, -0.1) is 0 Å². The van der Waals surface area contributed by atoms with Crippen LogP contribution < -0.4 is 0 Å². The molecule has 9 unspecified atom stereocenters. The molecule has 0 bridgehead atoms.